The molecule has 0 spiro atoms. The Balaban J connectivity index is 1.85. The van der Waals surface area contributed by atoms with Gasteiger partial charge in [0.25, 0.3) is 0 Å². The van der Waals surface area contributed by atoms with Crippen LogP contribution in [0, 0.1) is 11.7 Å². The van der Waals surface area contributed by atoms with Crippen molar-refractivity contribution in [2.75, 3.05) is 13.2 Å². The summed E-state index contributed by atoms with van der Waals surface area (Å²) in [7, 11) is 1.77. The van der Waals surface area contributed by atoms with Crippen molar-refractivity contribution >= 4 is 29.1 Å². The molecular formula is C17H18Cl2FN3O2. The van der Waals surface area contributed by atoms with E-state index in [2.05, 4.69) is 5.10 Å². The molecule has 0 N–H and O–H groups in total. The van der Waals surface area contributed by atoms with Crippen LogP contribution in [0.2, 0.25) is 10.0 Å². The topological polar surface area (TPSA) is 47.4 Å². The Labute approximate surface area is 155 Å². The Morgan fingerprint density at radius 2 is 2.20 bits per heavy atom. The standard InChI is InChI=1S/C17H18Cl2FN3O2/c1-22-8-15(19)16(21-22)9-23(17(24)12-4-5-25-10-12)7-11-2-3-13(20)6-14(11)18/h2-3,6,8,12H,4-5,7,9-10H2,1H3/t12-/m1/s1. The summed E-state index contributed by atoms with van der Waals surface area (Å²) in [5.74, 6) is -0.648. The van der Waals surface area contributed by atoms with E-state index in [-0.39, 0.29) is 29.9 Å². The quantitative estimate of drug-likeness (QED) is 0.791. The van der Waals surface area contributed by atoms with Crippen molar-refractivity contribution in [1.29, 1.82) is 0 Å². The minimum Gasteiger partial charge on any atom is -0.381 e. The summed E-state index contributed by atoms with van der Waals surface area (Å²) in [6, 6.07) is 4.16. The smallest absolute Gasteiger partial charge is 0.228 e. The van der Waals surface area contributed by atoms with Gasteiger partial charge < -0.3 is 9.64 Å². The lowest BCUT2D eigenvalue weighted by atomic mass is 10.1. The van der Waals surface area contributed by atoms with Gasteiger partial charge in [0.05, 0.1) is 24.1 Å². The minimum absolute atomic E-state index is 0.0420. The molecule has 1 saturated heterocycles. The zero-order valence-corrected chi connectivity index (χ0v) is 15.2. The first kappa shape index (κ1) is 18.2. The first-order valence-electron chi connectivity index (χ1n) is 7.92. The van der Waals surface area contributed by atoms with Crippen molar-refractivity contribution in [2.24, 2.45) is 13.0 Å². The van der Waals surface area contributed by atoms with E-state index < -0.39 is 5.82 Å². The highest BCUT2D eigenvalue weighted by Crippen LogP contribution is 2.24. The number of carbonyl (C=O) groups is 1. The highest BCUT2D eigenvalue weighted by Gasteiger charge is 2.29. The van der Waals surface area contributed by atoms with Gasteiger partial charge in [-0.15, -0.1) is 0 Å². The number of rotatable bonds is 5. The van der Waals surface area contributed by atoms with Gasteiger partial charge in [-0.2, -0.15) is 5.10 Å². The lowest BCUT2D eigenvalue weighted by molar-refractivity contribution is -0.136. The minimum atomic E-state index is -0.413. The summed E-state index contributed by atoms with van der Waals surface area (Å²) in [6.45, 7) is 1.48. The van der Waals surface area contributed by atoms with E-state index in [1.165, 1.54) is 12.1 Å². The number of ether oxygens (including phenoxy) is 1. The fourth-order valence-corrected chi connectivity index (χ4v) is 3.31. The van der Waals surface area contributed by atoms with E-state index in [0.717, 1.165) is 0 Å². The predicted molar refractivity (Wildman–Crippen MR) is 92.8 cm³/mol. The maximum absolute atomic E-state index is 13.3. The van der Waals surface area contributed by atoms with Gasteiger partial charge in [0.2, 0.25) is 5.91 Å². The highest BCUT2D eigenvalue weighted by atomic mass is 35.5. The van der Waals surface area contributed by atoms with Gasteiger partial charge in [-0.3, -0.25) is 9.48 Å². The van der Waals surface area contributed by atoms with Crippen LogP contribution in [-0.2, 0) is 29.7 Å². The Kier molecular flexibility index (Phi) is 5.61. The number of benzene rings is 1. The fourth-order valence-electron chi connectivity index (χ4n) is 2.85. The van der Waals surface area contributed by atoms with E-state index >= 15 is 0 Å². The van der Waals surface area contributed by atoms with E-state index in [9.17, 15) is 9.18 Å². The molecule has 0 unspecified atom stereocenters. The van der Waals surface area contributed by atoms with Crippen LogP contribution in [0.4, 0.5) is 4.39 Å². The van der Waals surface area contributed by atoms with Crippen LogP contribution in [0.3, 0.4) is 0 Å². The normalized spacial score (nSPS) is 17.0. The summed E-state index contributed by atoms with van der Waals surface area (Å²) in [5, 5.41) is 5.08. The number of halogens is 3. The molecule has 8 heteroatoms. The third kappa shape index (κ3) is 4.32. The molecule has 25 heavy (non-hydrogen) atoms. The Hall–Kier alpha value is -1.63. The summed E-state index contributed by atoms with van der Waals surface area (Å²) in [6.07, 6.45) is 2.37. The second kappa shape index (κ2) is 7.72. The second-order valence-corrected chi connectivity index (χ2v) is 6.90. The number of amides is 1. The van der Waals surface area contributed by atoms with Crippen LogP contribution in [0.25, 0.3) is 0 Å². The molecule has 1 aromatic heterocycles. The lowest BCUT2D eigenvalue weighted by Crippen LogP contribution is -2.36. The van der Waals surface area contributed by atoms with Gasteiger partial charge in [-0.05, 0) is 24.1 Å². The molecule has 2 aromatic rings. The Morgan fingerprint density at radius 1 is 1.40 bits per heavy atom. The van der Waals surface area contributed by atoms with E-state index in [1.54, 1.807) is 28.9 Å². The first-order chi connectivity index (χ1) is 11.9. The Morgan fingerprint density at radius 3 is 2.80 bits per heavy atom. The number of carbonyl (C=O) groups excluding carboxylic acids is 1. The largest absolute Gasteiger partial charge is 0.381 e. The molecule has 1 atom stereocenters. The van der Waals surface area contributed by atoms with Gasteiger partial charge in [-0.25, -0.2) is 4.39 Å². The molecule has 3 rings (SSSR count). The SMILES string of the molecule is Cn1cc(Cl)c(CN(Cc2ccc(F)cc2Cl)C(=O)[C@@H]2CCOC2)n1. The molecule has 0 aliphatic carbocycles. The lowest BCUT2D eigenvalue weighted by Gasteiger charge is -2.25. The maximum atomic E-state index is 13.3. The van der Waals surface area contributed by atoms with Crippen LogP contribution < -0.4 is 0 Å². The van der Waals surface area contributed by atoms with Crippen LogP contribution in [-0.4, -0.2) is 33.8 Å². The molecule has 2 heterocycles. The van der Waals surface area contributed by atoms with Crippen molar-refractivity contribution in [1.82, 2.24) is 14.7 Å². The molecule has 0 saturated carbocycles. The predicted octanol–water partition coefficient (Wildman–Crippen LogP) is 3.43. The van der Waals surface area contributed by atoms with Gasteiger partial charge in [0, 0.05) is 31.4 Å². The van der Waals surface area contributed by atoms with Crippen LogP contribution in [0.5, 0.6) is 0 Å². The van der Waals surface area contributed by atoms with Gasteiger partial charge in [0.15, 0.2) is 0 Å². The average Bonchev–Trinajstić information content (AvgIpc) is 3.18. The fraction of sp³-hybridized carbons (Fsp3) is 0.412. The van der Waals surface area contributed by atoms with Gasteiger partial charge in [0.1, 0.15) is 11.5 Å². The first-order valence-corrected chi connectivity index (χ1v) is 8.68. The van der Waals surface area contributed by atoms with Gasteiger partial charge >= 0.3 is 0 Å². The summed E-state index contributed by atoms with van der Waals surface area (Å²) in [5.41, 5.74) is 1.28. The van der Waals surface area contributed by atoms with Crippen molar-refractivity contribution in [3.8, 4) is 0 Å². The number of hydrogen-bond acceptors (Lipinski definition) is 3. The van der Waals surface area contributed by atoms with Crippen molar-refractivity contribution in [3.63, 3.8) is 0 Å². The van der Waals surface area contributed by atoms with Crippen molar-refractivity contribution < 1.29 is 13.9 Å². The summed E-state index contributed by atoms with van der Waals surface area (Å²) >= 11 is 12.3. The van der Waals surface area contributed by atoms with Crippen LogP contribution in [0.1, 0.15) is 17.7 Å². The van der Waals surface area contributed by atoms with Crippen LogP contribution in [0.15, 0.2) is 24.4 Å². The molecule has 1 aliphatic heterocycles. The Bertz CT molecular complexity index is 775. The van der Waals surface area contributed by atoms with Crippen molar-refractivity contribution in [3.05, 3.63) is 51.5 Å². The molecular weight excluding hydrogens is 368 g/mol. The zero-order chi connectivity index (χ0) is 18.0. The molecule has 1 fully saturated rings. The molecule has 0 bridgehead atoms. The number of nitrogens with zero attached hydrogens (tertiary/aromatic N) is 3. The van der Waals surface area contributed by atoms with Crippen molar-refractivity contribution in [2.45, 2.75) is 19.5 Å². The highest BCUT2D eigenvalue weighted by molar-refractivity contribution is 6.31. The molecule has 1 amide bonds. The number of aryl methyl sites for hydroxylation is 1. The van der Waals surface area contributed by atoms with E-state index in [4.69, 9.17) is 27.9 Å². The maximum Gasteiger partial charge on any atom is 0.228 e. The third-order valence-corrected chi connectivity index (χ3v) is 4.83. The monoisotopic (exact) mass is 385 g/mol. The van der Waals surface area contributed by atoms with Gasteiger partial charge in [-0.1, -0.05) is 29.3 Å². The molecule has 1 aromatic carbocycles. The molecule has 0 radical (unpaired) electrons. The zero-order valence-electron chi connectivity index (χ0n) is 13.7. The summed E-state index contributed by atoms with van der Waals surface area (Å²) in [4.78, 5) is 14.5. The average molecular weight is 386 g/mol. The molecule has 134 valence electrons. The number of aromatic nitrogens is 2. The van der Waals surface area contributed by atoms with E-state index in [0.29, 0.717) is 35.9 Å². The third-order valence-electron chi connectivity index (χ3n) is 4.16. The molecule has 5 nitrogen and oxygen atoms in total. The van der Waals surface area contributed by atoms with Crippen LogP contribution >= 0.6 is 23.2 Å². The second-order valence-electron chi connectivity index (χ2n) is 6.09. The molecule has 1 aliphatic rings. The summed E-state index contributed by atoms with van der Waals surface area (Å²) < 4.78 is 20.2. The number of hydrogen-bond donors (Lipinski definition) is 0. The van der Waals surface area contributed by atoms with E-state index in [1.807, 2.05) is 0 Å².